The maximum Gasteiger partial charge on any atom is 0.260 e. The van der Waals surface area contributed by atoms with Crippen LogP contribution in [-0.4, -0.2) is 23.2 Å². The summed E-state index contributed by atoms with van der Waals surface area (Å²) in [5.41, 5.74) is 0.453. The predicted molar refractivity (Wildman–Crippen MR) is 85.0 cm³/mol. The van der Waals surface area contributed by atoms with Crippen LogP contribution >= 0.6 is 23.2 Å². The summed E-state index contributed by atoms with van der Waals surface area (Å²) in [6, 6.07) is 3.21. The van der Waals surface area contributed by atoms with Crippen molar-refractivity contribution in [3.63, 3.8) is 0 Å². The summed E-state index contributed by atoms with van der Waals surface area (Å²) in [5.74, 6) is 0.0781. The molecule has 0 heterocycles. The Bertz CT molecular complexity index is 490. The first-order chi connectivity index (χ1) is 9.92. The fraction of sp³-hybridized carbons (Fsp3) is 0.533. The Hall–Kier alpha value is -0.970. The molecule has 1 atom stereocenters. The molecule has 0 aromatic heterocycles. The number of hydrogen-bond donors (Lipinski definition) is 2. The third kappa shape index (κ3) is 5.06. The number of rotatable bonds is 7. The van der Waals surface area contributed by atoms with Gasteiger partial charge in [-0.3, -0.25) is 4.79 Å². The molecule has 0 aliphatic rings. The second-order valence-electron chi connectivity index (χ2n) is 4.82. The second-order valence-corrected chi connectivity index (χ2v) is 5.66. The lowest BCUT2D eigenvalue weighted by Crippen LogP contribution is -2.42. The Kier molecular flexibility index (Phi) is 7.29. The third-order valence-electron chi connectivity index (χ3n) is 3.25. The number of hydrogen-bond acceptors (Lipinski definition) is 3. The molecule has 4 nitrogen and oxygen atoms in total. The van der Waals surface area contributed by atoms with Gasteiger partial charge in [0.1, 0.15) is 5.75 Å². The first kappa shape index (κ1) is 18.1. The molecular formula is C15H21Cl2NO3. The molecule has 0 fully saturated rings. The molecule has 0 saturated heterocycles. The smallest absolute Gasteiger partial charge is 0.260 e. The fourth-order valence-corrected chi connectivity index (χ4v) is 2.48. The first-order valence-electron chi connectivity index (χ1n) is 6.98. The number of benzene rings is 1. The quantitative estimate of drug-likeness (QED) is 0.802. The third-order valence-corrected chi connectivity index (χ3v) is 3.75. The van der Waals surface area contributed by atoms with Gasteiger partial charge in [-0.2, -0.15) is 0 Å². The summed E-state index contributed by atoms with van der Waals surface area (Å²) in [4.78, 5) is 12.1. The van der Waals surface area contributed by atoms with E-state index in [1.807, 2.05) is 13.8 Å². The number of ether oxygens (including phenoxy) is 1. The number of carbonyl (C=O) groups is 1. The average molecular weight is 334 g/mol. The number of halogens is 2. The molecule has 118 valence electrons. The normalized spacial score (nSPS) is 12.3. The van der Waals surface area contributed by atoms with E-state index in [9.17, 15) is 9.90 Å². The summed E-state index contributed by atoms with van der Waals surface area (Å²) in [6.07, 6.45) is 1.01. The fourth-order valence-electron chi connectivity index (χ4n) is 1.90. The van der Waals surface area contributed by atoms with Gasteiger partial charge in [0.2, 0.25) is 0 Å². The topological polar surface area (TPSA) is 58.6 Å². The van der Waals surface area contributed by atoms with Crippen molar-refractivity contribution in [3.8, 4) is 5.75 Å². The van der Waals surface area contributed by atoms with Gasteiger partial charge in [-0.05, 0) is 31.9 Å². The Balaban J connectivity index is 2.83. The zero-order valence-corrected chi connectivity index (χ0v) is 14.0. The SMILES string of the molecule is CCC(CC)NC(=O)C(C)Oc1c(Cl)cc(Cl)cc1CO. The van der Waals surface area contributed by atoms with Crippen LogP contribution < -0.4 is 10.1 Å². The highest BCUT2D eigenvalue weighted by Gasteiger charge is 2.20. The van der Waals surface area contributed by atoms with Gasteiger partial charge in [0, 0.05) is 16.6 Å². The van der Waals surface area contributed by atoms with Crippen LogP contribution in [0.3, 0.4) is 0 Å². The number of aliphatic hydroxyl groups excluding tert-OH is 1. The van der Waals surface area contributed by atoms with Crippen LogP contribution in [0, 0.1) is 0 Å². The lowest BCUT2D eigenvalue weighted by Gasteiger charge is -2.21. The van der Waals surface area contributed by atoms with Crippen molar-refractivity contribution in [2.24, 2.45) is 0 Å². The van der Waals surface area contributed by atoms with Crippen LogP contribution in [0.4, 0.5) is 0 Å². The molecule has 0 radical (unpaired) electrons. The summed E-state index contributed by atoms with van der Waals surface area (Å²) in [7, 11) is 0. The molecule has 6 heteroatoms. The number of nitrogens with one attached hydrogen (secondary N) is 1. The molecule has 0 aliphatic heterocycles. The Morgan fingerprint density at radius 2 is 1.95 bits per heavy atom. The van der Waals surface area contributed by atoms with Crippen molar-refractivity contribution in [3.05, 3.63) is 27.7 Å². The van der Waals surface area contributed by atoms with E-state index in [1.54, 1.807) is 13.0 Å². The lowest BCUT2D eigenvalue weighted by atomic mass is 10.1. The van der Waals surface area contributed by atoms with E-state index >= 15 is 0 Å². The lowest BCUT2D eigenvalue weighted by molar-refractivity contribution is -0.128. The Morgan fingerprint density at radius 1 is 1.33 bits per heavy atom. The molecule has 0 bridgehead atoms. The van der Waals surface area contributed by atoms with Crippen LogP contribution in [0.2, 0.25) is 10.0 Å². The van der Waals surface area contributed by atoms with Gasteiger partial charge in [0.05, 0.1) is 11.6 Å². The van der Waals surface area contributed by atoms with E-state index in [2.05, 4.69) is 5.32 Å². The zero-order valence-electron chi connectivity index (χ0n) is 12.5. The average Bonchev–Trinajstić information content (AvgIpc) is 2.46. The van der Waals surface area contributed by atoms with E-state index in [1.165, 1.54) is 6.07 Å². The molecule has 1 aromatic carbocycles. The van der Waals surface area contributed by atoms with Gasteiger partial charge in [-0.15, -0.1) is 0 Å². The first-order valence-corrected chi connectivity index (χ1v) is 7.74. The largest absolute Gasteiger partial charge is 0.479 e. The molecule has 0 aliphatic carbocycles. The Labute approximate surface area is 135 Å². The maximum atomic E-state index is 12.1. The minimum Gasteiger partial charge on any atom is -0.479 e. The molecule has 0 spiro atoms. The molecule has 21 heavy (non-hydrogen) atoms. The maximum absolute atomic E-state index is 12.1. The van der Waals surface area contributed by atoms with E-state index in [-0.39, 0.29) is 29.3 Å². The highest BCUT2D eigenvalue weighted by Crippen LogP contribution is 2.33. The monoisotopic (exact) mass is 333 g/mol. The molecule has 1 rings (SSSR count). The van der Waals surface area contributed by atoms with Crippen LogP contribution in [0.1, 0.15) is 39.2 Å². The van der Waals surface area contributed by atoms with Crippen molar-refractivity contribution in [2.75, 3.05) is 0 Å². The van der Waals surface area contributed by atoms with E-state index in [4.69, 9.17) is 27.9 Å². The number of carbonyl (C=O) groups excluding carboxylic acids is 1. The van der Waals surface area contributed by atoms with Gasteiger partial charge in [0.25, 0.3) is 5.91 Å². The molecule has 1 unspecified atom stereocenters. The van der Waals surface area contributed by atoms with Crippen LogP contribution in [0.5, 0.6) is 5.75 Å². The summed E-state index contributed by atoms with van der Waals surface area (Å²) < 4.78 is 5.61. The van der Waals surface area contributed by atoms with Crippen LogP contribution in [0.15, 0.2) is 12.1 Å². The van der Waals surface area contributed by atoms with Crippen molar-refractivity contribution in [2.45, 2.75) is 52.4 Å². The van der Waals surface area contributed by atoms with Crippen LogP contribution in [-0.2, 0) is 11.4 Å². The van der Waals surface area contributed by atoms with Gasteiger partial charge in [0.15, 0.2) is 6.10 Å². The summed E-state index contributed by atoms with van der Waals surface area (Å²) in [5, 5.41) is 12.9. The van der Waals surface area contributed by atoms with Gasteiger partial charge in [-0.1, -0.05) is 37.0 Å². The molecular weight excluding hydrogens is 313 g/mol. The van der Waals surface area contributed by atoms with Crippen molar-refractivity contribution in [1.82, 2.24) is 5.32 Å². The molecule has 2 N–H and O–H groups in total. The minimum atomic E-state index is -0.713. The van der Waals surface area contributed by atoms with Crippen molar-refractivity contribution >= 4 is 29.1 Å². The summed E-state index contributed by atoms with van der Waals surface area (Å²) >= 11 is 11.9. The van der Waals surface area contributed by atoms with E-state index < -0.39 is 6.10 Å². The number of aliphatic hydroxyl groups is 1. The molecule has 0 saturated carbocycles. The molecule has 1 aromatic rings. The summed E-state index contributed by atoms with van der Waals surface area (Å²) in [6.45, 7) is 5.40. The van der Waals surface area contributed by atoms with Crippen molar-refractivity contribution < 1.29 is 14.6 Å². The highest BCUT2D eigenvalue weighted by molar-refractivity contribution is 6.35. The highest BCUT2D eigenvalue weighted by atomic mass is 35.5. The van der Waals surface area contributed by atoms with Crippen LogP contribution in [0.25, 0.3) is 0 Å². The van der Waals surface area contributed by atoms with E-state index in [0.717, 1.165) is 12.8 Å². The number of amides is 1. The van der Waals surface area contributed by atoms with Crippen molar-refractivity contribution in [1.29, 1.82) is 0 Å². The second kappa shape index (κ2) is 8.47. The minimum absolute atomic E-state index is 0.126. The van der Waals surface area contributed by atoms with Gasteiger partial charge >= 0.3 is 0 Å². The Morgan fingerprint density at radius 3 is 2.48 bits per heavy atom. The van der Waals surface area contributed by atoms with Gasteiger partial charge in [-0.25, -0.2) is 0 Å². The standard InChI is InChI=1S/C15H21Cl2NO3/c1-4-12(5-2)18-15(20)9(3)21-14-10(8-19)6-11(16)7-13(14)17/h6-7,9,12,19H,4-5,8H2,1-3H3,(H,18,20). The zero-order chi connectivity index (χ0) is 16.0. The van der Waals surface area contributed by atoms with Gasteiger partial charge < -0.3 is 15.2 Å². The predicted octanol–water partition coefficient (Wildman–Crippen LogP) is 3.56. The molecule has 1 amide bonds. The van der Waals surface area contributed by atoms with E-state index in [0.29, 0.717) is 10.6 Å².